The molecule has 0 aliphatic carbocycles. The summed E-state index contributed by atoms with van der Waals surface area (Å²) in [5.74, 6) is 1.38. The normalized spacial score (nSPS) is 16.0. The van der Waals surface area contributed by atoms with Gasteiger partial charge in [-0.3, -0.25) is 5.11 Å². The zero-order valence-electron chi connectivity index (χ0n) is 16.3. The number of aryl methyl sites for hydroxylation is 2. The summed E-state index contributed by atoms with van der Waals surface area (Å²) >= 11 is 0. The number of fused-ring (bicyclic) bond motifs is 1. The molecule has 1 aliphatic rings. The first-order chi connectivity index (χ1) is 13.0. The Kier molecular flexibility index (Phi) is 4.79. The molecular formula is C24H26NO2. The first-order valence-electron chi connectivity index (χ1n) is 9.72. The van der Waals surface area contributed by atoms with Crippen molar-refractivity contribution < 1.29 is 9.94 Å². The van der Waals surface area contributed by atoms with E-state index < -0.39 is 0 Å². The molecule has 0 aromatic heterocycles. The molecule has 0 N–H and O–H groups in total. The molecule has 0 amide bonds. The van der Waals surface area contributed by atoms with Crippen molar-refractivity contribution in [3.05, 3.63) is 70.8 Å². The smallest absolute Gasteiger partial charge is 0.182 e. The summed E-state index contributed by atoms with van der Waals surface area (Å²) in [6.45, 7) is 8.06. The molecule has 1 saturated heterocycles. The highest BCUT2D eigenvalue weighted by molar-refractivity contribution is 5.85. The molecular weight excluding hydrogens is 334 g/mol. The number of hydrogen-bond acceptors (Lipinski definition) is 2. The van der Waals surface area contributed by atoms with Crippen molar-refractivity contribution >= 4 is 10.8 Å². The van der Waals surface area contributed by atoms with Gasteiger partial charge in [0.05, 0.1) is 0 Å². The number of nitrogens with zero attached hydrogens (tertiary/aromatic N) is 1. The van der Waals surface area contributed by atoms with E-state index >= 15 is 0 Å². The van der Waals surface area contributed by atoms with Crippen LogP contribution in [-0.4, -0.2) is 18.2 Å². The maximum absolute atomic E-state index is 12.6. The zero-order chi connectivity index (χ0) is 19.0. The fourth-order valence-corrected chi connectivity index (χ4v) is 4.01. The van der Waals surface area contributed by atoms with E-state index in [2.05, 4.69) is 45.0 Å². The first kappa shape index (κ1) is 17.9. The molecule has 139 valence electrons. The predicted molar refractivity (Wildman–Crippen MR) is 109 cm³/mol. The molecule has 27 heavy (non-hydrogen) atoms. The van der Waals surface area contributed by atoms with Gasteiger partial charge in [-0.2, -0.15) is 0 Å². The Labute approximate surface area is 161 Å². The summed E-state index contributed by atoms with van der Waals surface area (Å²) in [5, 5.41) is 16.8. The maximum atomic E-state index is 12.6. The fraction of sp³-hybridized carbons (Fsp3) is 0.333. The van der Waals surface area contributed by atoms with Crippen molar-refractivity contribution in [3.8, 4) is 11.5 Å². The Morgan fingerprint density at radius 2 is 1.48 bits per heavy atom. The van der Waals surface area contributed by atoms with Crippen molar-refractivity contribution in [2.24, 2.45) is 0 Å². The molecule has 1 aliphatic heterocycles. The third-order valence-electron chi connectivity index (χ3n) is 5.91. The molecule has 0 bridgehead atoms. The van der Waals surface area contributed by atoms with Gasteiger partial charge in [0, 0.05) is 18.7 Å². The lowest BCUT2D eigenvalue weighted by atomic mass is 9.88. The molecule has 0 saturated carbocycles. The Balaban J connectivity index is 1.45. The van der Waals surface area contributed by atoms with Crippen molar-refractivity contribution in [2.75, 3.05) is 13.1 Å². The van der Waals surface area contributed by atoms with Gasteiger partial charge >= 0.3 is 0 Å². The number of piperidine rings is 1. The van der Waals surface area contributed by atoms with Crippen LogP contribution in [0.1, 0.15) is 41.0 Å². The number of hydrogen-bond donors (Lipinski definition) is 0. The lowest BCUT2D eigenvalue weighted by molar-refractivity contribution is -0.0758. The molecule has 0 atom stereocenters. The third kappa shape index (κ3) is 3.65. The highest BCUT2D eigenvalue weighted by atomic mass is 16.7. The average Bonchev–Trinajstić information content (AvgIpc) is 2.66. The van der Waals surface area contributed by atoms with E-state index in [1.165, 1.54) is 16.7 Å². The number of benzene rings is 3. The second-order valence-electron chi connectivity index (χ2n) is 7.71. The van der Waals surface area contributed by atoms with Crippen LogP contribution < -0.4 is 4.84 Å². The Morgan fingerprint density at radius 3 is 2.11 bits per heavy atom. The number of rotatable bonds is 3. The van der Waals surface area contributed by atoms with E-state index in [1.807, 2.05) is 23.3 Å². The molecule has 1 radical (unpaired) electrons. The van der Waals surface area contributed by atoms with Crippen LogP contribution in [0.4, 0.5) is 0 Å². The van der Waals surface area contributed by atoms with Gasteiger partial charge in [-0.25, -0.2) is 0 Å². The van der Waals surface area contributed by atoms with Crippen molar-refractivity contribution in [2.45, 2.75) is 39.5 Å². The first-order valence-corrected chi connectivity index (χ1v) is 9.72. The minimum atomic E-state index is 0.165. The topological polar surface area (TPSA) is 32.4 Å². The summed E-state index contributed by atoms with van der Waals surface area (Å²) in [6, 6.07) is 16.2. The second kappa shape index (κ2) is 7.24. The Hall–Kier alpha value is -2.52. The zero-order valence-corrected chi connectivity index (χ0v) is 16.3. The minimum absolute atomic E-state index is 0.165. The van der Waals surface area contributed by atoms with Crippen LogP contribution in [0.3, 0.4) is 0 Å². The van der Waals surface area contributed by atoms with Gasteiger partial charge in [-0.05, 0) is 91.3 Å². The van der Waals surface area contributed by atoms with Crippen LogP contribution in [0.5, 0.6) is 11.5 Å². The van der Waals surface area contributed by atoms with Crippen LogP contribution >= 0.6 is 0 Å². The van der Waals surface area contributed by atoms with E-state index in [1.54, 1.807) is 6.07 Å². The van der Waals surface area contributed by atoms with Gasteiger partial charge in [-0.15, -0.1) is 5.06 Å². The standard InChI is InChI=1S/C24H26NO2/c1-16-12-22(13-17(2)18(16)3)27-25-10-8-19(9-11-25)23-14-20-6-4-5-7-21(20)15-24(23)26/h4-7,12-15,19H,8-11H2,1-3H3. The molecule has 3 heteroatoms. The van der Waals surface area contributed by atoms with Crippen molar-refractivity contribution in [1.82, 2.24) is 5.06 Å². The van der Waals surface area contributed by atoms with E-state index in [9.17, 15) is 5.11 Å². The van der Waals surface area contributed by atoms with Crippen LogP contribution in [0.15, 0.2) is 48.5 Å². The quantitative estimate of drug-likeness (QED) is 0.567. The second-order valence-corrected chi connectivity index (χ2v) is 7.71. The van der Waals surface area contributed by atoms with Gasteiger partial charge < -0.3 is 4.84 Å². The average molecular weight is 360 g/mol. The summed E-state index contributed by atoms with van der Waals surface area (Å²) in [7, 11) is 0. The lowest BCUT2D eigenvalue weighted by Gasteiger charge is -2.31. The molecule has 0 spiro atoms. The summed E-state index contributed by atoms with van der Waals surface area (Å²) in [4.78, 5) is 6.11. The Morgan fingerprint density at radius 1 is 0.889 bits per heavy atom. The maximum Gasteiger partial charge on any atom is 0.182 e. The lowest BCUT2D eigenvalue weighted by Crippen LogP contribution is -2.35. The highest BCUT2D eigenvalue weighted by Gasteiger charge is 2.25. The molecule has 3 aromatic carbocycles. The molecule has 1 heterocycles. The van der Waals surface area contributed by atoms with Crippen molar-refractivity contribution in [3.63, 3.8) is 0 Å². The van der Waals surface area contributed by atoms with Crippen LogP contribution in [0.2, 0.25) is 0 Å². The fourth-order valence-electron chi connectivity index (χ4n) is 4.01. The monoisotopic (exact) mass is 360 g/mol. The highest BCUT2D eigenvalue weighted by Crippen LogP contribution is 2.37. The molecule has 3 nitrogen and oxygen atoms in total. The molecule has 4 rings (SSSR count). The minimum Gasteiger partial charge on any atom is -0.406 e. The van der Waals surface area contributed by atoms with E-state index in [0.717, 1.165) is 48.0 Å². The molecule has 0 unspecified atom stereocenters. The van der Waals surface area contributed by atoms with E-state index in [4.69, 9.17) is 4.84 Å². The summed E-state index contributed by atoms with van der Waals surface area (Å²) in [6.07, 6.45) is 1.88. The van der Waals surface area contributed by atoms with E-state index in [0.29, 0.717) is 5.92 Å². The largest absolute Gasteiger partial charge is 0.406 e. The van der Waals surface area contributed by atoms with Gasteiger partial charge in [0.15, 0.2) is 5.75 Å². The Bertz CT molecular complexity index is 948. The van der Waals surface area contributed by atoms with Crippen LogP contribution in [-0.2, 0) is 5.11 Å². The summed E-state index contributed by atoms with van der Waals surface area (Å²) < 4.78 is 0. The van der Waals surface area contributed by atoms with Crippen LogP contribution in [0, 0.1) is 20.8 Å². The SMILES string of the molecule is Cc1cc(ON2CCC(c3cc4ccccc4cc3[O])CC2)cc(C)c1C. The molecule has 3 aromatic rings. The van der Waals surface area contributed by atoms with Gasteiger partial charge in [0.25, 0.3) is 0 Å². The van der Waals surface area contributed by atoms with Crippen LogP contribution in [0.25, 0.3) is 10.8 Å². The van der Waals surface area contributed by atoms with Crippen molar-refractivity contribution in [1.29, 1.82) is 0 Å². The predicted octanol–water partition coefficient (Wildman–Crippen LogP) is 6.08. The van der Waals surface area contributed by atoms with E-state index in [-0.39, 0.29) is 5.75 Å². The van der Waals surface area contributed by atoms with Gasteiger partial charge in [-0.1, -0.05) is 24.3 Å². The summed E-state index contributed by atoms with van der Waals surface area (Å²) in [5.41, 5.74) is 4.79. The number of hydroxylamine groups is 2. The van der Waals surface area contributed by atoms with Gasteiger partial charge in [0.1, 0.15) is 5.75 Å². The molecule has 1 fully saturated rings. The third-order valence-corrected chi connectivity index (χ3v) is 5.91. The van der Waals surface area contributed by atoms with Gasteiger partial charge in [0.2, 0.25) is 0 Å².